The van der Waals surface area contributed by atoms with Crippen LogP contribution in [0.1, 0.15) is 43.9 Å². The van der Waals surface area contributed by atoms with Gasteiger partial charge in [-0.2, -0.15) is 0 Å². The monoisotopic (exact) mass is 320 g/mol. The Morgan fingerprint density at radius 3 is 2.68 bits per heavy atom. The molecule has 22 heavy (non-hydrogen) atoms. The fraction of sp³-hybridized carbons (Fsp3) is 0.722. The van der Waals surface area contributed by atoms with Gasteiger partial charge in [-0.25, -0.2) is 0 Å². The number of nitrogens with zero attached hydrogens (tertiary/aromatic N) is 1. The zero-order valence-electron chi connectivity index (χ0n) is 13.5. The summed E-state index contributed by atoms with van der Waals surface area (Å²) in [5.74, 6) is 1.76. The van der Waals surface area contributed by atoms with Crippen LogP contribution in [0.3, 0.4) is 0 Å². The standard InChI is InChI=1S/C18H28N2OS/c1-2-20(9-8-16-7-4-10-22-16)18(21)15-11-13-5-3-6-14(12-15)17(13)19/h4,7,10,13-15,17H,2-3,5-6,8-9,11-12,19H2,1H3. The number of rotatable bonds is 5. The van der Waals surface area contributed by atoms with E-state index in [1.165, 1.54) is 24.1 Å². The summed E-state index contributed by atoms with van der Waals surface area (Å²) in [4.78, 5) is 16.4. The quantitative estimate of drug-likeness (QED) is 0.905. The summed E-state index contributed by atoms with van der Waals surface area (Å²) in [6, 6.07) is 4.59. The molecule has 2 unspecified atom stereocenters. The van der Waals surface area contributed by atoms with E-state index in [1.54, 1.807) is 11.3 Å². The number of hydrogen-bond donors (Lipinski definition) is 1. The molecule has 1 heterocycles. The fourth-order valence-electron chi connectivity index (χ4n) is 4.37. The molecular weight excluding hydrogens is 292 g/mol. The predicted molar refractivity (Wildman–Crippen MR) is 91.8 cm³/mol. The molecule has 2 saturated carbocycles. The van der Waals surface area contributed by atoms with Gasteiger partial charge in [-0.15, -0.1) is 11.3 Å². The van der Waals surface area contributed by atoms with Crippen molar-refractivity contribution in [1.29, 1.82) is 0 Å². The highest BCUT2D eigenvalue weighted by Crippen LogP contribution is 2.42. The first kappa shape index (κ1) is 16.0. The van der Waals surface area contributed by atoms with Crippen LogP contribution in [-0.4, -0.2) is 29.9 Å². The van der Waals surface area contributed by atoms with Gasteiger partial charge in [-0.1, -0.05) is 12.5 Å². The molecule has 0 saturated heterocycles. The van der Waals surface area contributed by atoms with Gasteiger partial charge in [0.2, 0.25) is 5.91 Å². The molecule has 4 heteroatoms. The van der Waals surface area contributed by atoms with Crippen LogP contribution >= 0.6 is 11.3 Å². The largest absolute Gasteiger partial charge is 0.342 e. The second-order valence-electron chi connectivity index (χ2n) is 6.94. The lowest BCUT2D eigenvalue weighted by atomic mass is 9.65. The van der Waals surface area contributed by atoms with Crippen LogP contribution in [0.15, 0.2) is 17.5 Å². The summed E-state index contributed by atoms with van der Waals surface area (Å²) in [6.07, 6.45) is 6.78. The van der Waals surface area contributed by atoms with Crippen LogP contribution in [-0.2, 0) is 11.2 Å². The van der Waals surface area contributed by atoms with E-state index in [9.17, 15) is 4.79 Å². The van der Waals surface area contributed by atoms with Crippen LogP contribution < -0.4 is 5.73 Å². The van der Waals surface area contributed by atoms with E-state index >= 15 is 0 Å². The topological polar surface area (TPSA) is 46.3 Å². The maximum atomic E-state index is 12.9. The molecule has 2 atom stereocenters. The van der Waals surface area contributed by atoms with Crippen molar-refractivity contribution in [3.63, 3.8) is 0 Å². The summed E-state index contributed by atoms with van der Waals surface area (Å²) in [6.45, 7) is 3.78. The molecule has 0 aromatic carbocycles. The van der Waals surface area contributed by atoms with Crippen LogP contribution in [0, 0.1) is 17.8 Å². The van der Waals surface area contributed by atoms with E-state index < -0.39 is 0 Å². The second kappa shape index (κ2) is 7.14. The first-order chi connectivity index (χ1) is 10.7. The number of carbonyl (C=O) groups excluding carboxylic acids is 1. The smallest absolute Gasteiger partial charge is 0.225 e. The zero-order chi connectivity index (χ0) is 15.5. The van der Waals surface area contributed by atoms with Gasteiger partial charge < -0.3 is 10.6 Å². The van der Waals surface area contributed by atoms with Crippen LogP contribution in [0.4, 0.5) is 0 Å². The number of thiophene rings is 1. The average molecular weight is 321 g/mol. The number of nitrogens with two attached hydrogens (primary N) is 1. The first-order valence-electron chi connectivity index (χ1n) is 8.75. The molecule has 2 N–H and O–H groups in total. The lowest BCUT2D eigenvalue weighted by Crippen LogP contribution is -2.50. The summed E-state index contributed by atoms with van der Waals surface area (Å²) < 4.78 is 0. The Morgan fingerprint density at radius 1 is 1.36 bits per heavy atom. The Morgan fingerprint density at radius 2 is 2.09 bits per heavy atom. The molecule has 0 spiro atoms. The third kappa shape index (κ3) is 3.38. The number of hydrogen-bond acceptors (Lipinski definition) is 3. The summed E-state index contributed by atoms with van der Waals surface area (Å²) in [5, 5.41) is 2.11. The lowest BCUT2D eigenvalue weighted by Gasteiger charge is -2.44. The Balaban J connectivity index is 1.59. The summed E-state index contributed by atoms with van der Waals surface area (Å²) in [5.41, 5.74) is 6.35. The number of fused-ring (bicyclic) bond motifs is 2. The van der Waals surface area contributed by atoms with Gasteiger partial charge in [0.25, 0.3) is 0 Å². The summed E-state index contributed by atoms with van der Waals surface area (Å²) >= 11 is 1.78. The molecule has 2 aliphatic carbocycles. The molecule has 1 amide bonds. The van der Waals surface area contributed by atoms with Crippen LogP contribution in [0.2, 0.25) is 0 Å². The zero-order valence-corrected chi connectivity index (χ0v) is 14.4. The molecule has 0 aliphatic heterocycles. The second-order valence-corrected chi connectivity index (χ2v) is 7.98. The minimum absolute atomic E-state index is 0.221. The van der Waals surface area contributed by atoms with E-state index in [4.69, 9.17) is 5.73 Å². The highest BCUT2D eigenvalue weighted by atomic mass is 32.1. The molecule has 2 fully saturated rings. The van der Waals surface area contributed by atoms with E-state index in [1.807, 2.05) is 0 Å². The average Bonchev–Trinajstić information content (AvgIpc) is 3.00. The Hall–Kier alpha value is -0.870. The van der Waals surface area contributed by atoms with Gasteiger partial charge >= 0.3 is 0 Å². The minimum Gasteiger partial charge on any atom is -0.342 e. The molecule has 2 bridgehead atoms. The SMILES string of the molecule is CCN(CCc1cccs1)C(=O)C1CC2CCCC(C1)C2N. The van der Waals surface area contributed by atoms with Crippen LogP contribution in [0.25, 0.3) is 0 Å². The van der Waals surface area contributed by atoms with Gasteiger partial charge in [0.05, 0.1) is 0 Å². The molecule has 1 aromatic rings. The van der Waals surface area contributed by atoms with E-state index in [0.29, 0.717) is 23.8 Å². The van der Waals surface area contributed by atoms with Gasteiger partial charge in [0.1, 0.15) is 0 Å². The minimum atomic E-state index is 0.221. The Labute approximate surface area is 137 Å². The molecule has 0 radical (unpaired) electrons. The van der Waals surface area contributed by atoms with Crippen molar-refractivity contribution in [2.45, 2.75) is 51.5 Å². The number of likely N-dealkylation sites (N-methyl/N-ethyl adjacent to an activating group) is 1. The molecule has 122 valence electrons. The summed E-state index contributed by atoms with van der Waals surface area (Å²) in [7, 11) is 0. The highest BCUT2D eigenvalue weighted by molar-refractivity contribution is 7.09. The Bertz CT molecular complexity index is 473. The third-order valence-corrected chi connectivity index (χ3v) is 6.60. The number of amides is 1. The first-order valence-corrected chi connectivity index (χ1v) is 9.63. The molecule has 1 aromatic heterocycles. The lowest BCUT2D eigenvalue weighted by molar-refractivity contribution is -0.138. The van der Waals surface area contributed by atoms with Crippen molar-refractivity contribution in [2.75, 3.05) is 13.1 Å². The number of carbonyl (C=O) groups is 1. The van der Waals surface area contributed by atoms with Crippen LogP contribution in [0.5, 0.6) is 0 Å². The highest BCUT2D eigenvalue weighted by Gasteiger charge is 2.41. The third-order valence-electron chi connectivity index (χ3n) is 5.66. The van der Waals surface area contributed by atoms with Crippen molar-refractivity contribution in [2.24, 2.45) is 23.5 Å². The predicted octanol–water partition coefficient (Wildman–Crippen LogP) is 3.29. The Kier molecular flexibility index (Phi) is 5.19. The maximum absolute atomic E-state index is 12.9. The van der Waals surface area contributed by atoms with Gasteiger partial charge in [0.15, 0.2) is 0 Å². The van der Waals surface area contributed by atoms with Crippen molar-refractivity contribution < 1.29 is 4.79 Å². The maximum Gasteiger partial charge on any atom is 0.225 e. The molecule has 2 aliphatic rings. The molecule has 3 rings (SSSR count). The molecular formula is C18H28N2OS. The van der Waals surface area contributed by atoms with E-state index in [-0.39, 0.29) is 5.92 Å². The van der Waals surface area contributed by atoms with Gasteiger partial charge in [-0.05, 0) is 62.3 Å². The van der Waals surface area contributed by atoms with E-state index in [2.05, 4.69) is 29.3 Å². The van der Waals surface area contributed by atoms with Crippen molar-refractivity contribution in [1.82, 2.24) is 4.90 Å². The fourth-order valence-corrected chi connectivity index (χ4v) is 5.07. The van der Waals surface area contributed by atoms with Crippen molar-refractivity contribution in [3.8, 4) is 0 Å². The van der Waals surface area contributed by atoms with Crippen molar-refractivity contribution >= 4 is 17.2 Å². The molecule has 3 nitrogen and oxygen atoms in total. The van der Waals surface area contributed by atoms with E-state index in [0.717, 1.165) is 32.4 Å². The van der Waals surface area contributed by atoms with Crippen molar-refractivity contribution in [3.05, 3.63) is 22.4 Å². The van der Waals surface area contributed by atoms with Gasteiger partial charge in [0, 0.05) is 29.9 Å². The normalized spacial score (nSPS) is 31.0. The van der Waals surface area contributed by atoms with Gasteiger partial charge in [-0.3, -0.25) is 4.79 Å².